The fourth-order valence-electron chi connectivity index (χ4n) is 4.72. The minimum atomic E-state index is 0.903. The van der Waals surface area contributed by atoms with Crippen LogP contribution in [0.2, 0.25) is 0 Å². The third-order valence-electron chi connectivity index (χ3n) is 6.20. The number of pyridine rings is 1. The van der Waals surface area contributed by atoms with Crippen LogP contribution >= 0.6 is 0 Å². The zero-order valence-corrected chi connectivity index (χ0v) is 16.7. The van der Waals surface area contributed by atoms with Crippen molar-refractivity contribution in [2.45, 2.75) is 26.2 Å². The average molecular weight is 380 g/mol. The zero-order chi connectivity index (χ0) is 19.5. The van der Waals surface area contributed by atoms with Crippen LogP contribution in [0.4, 0.5) is 0 Å². The van der Waals surface area contributed by atoms with E-state index in [1.54, 1.807) is 0 Å². The molecule has 0 atom stereocenters. The van der Waals surface area contributed by atoms with Crippen LogP contribution in [-0.2, 0) is 19.9 Å². The van der Waals surface area contributed by atoms with E-state index in [1.807, 2.05) is 6.07 Å². The number of nitrogens with zero attached hydrogens (tertiary/aromatic N) is 1. The van der Waals surface area contributed by atoms with Gasteiger partial charge in [-0.3, -0.25) is 0 Å². The minimum absolute atomic E-state index is 0.903. The molecular formula is C26H22NO2+. The van der Waals surface area contributed by atoms with Gasteiger partial charge in [0.05, 0.1) is 11.1 Å². The van der Waals surface area contributed by atoms with Crippen molar-refractivity contribution in [1.82, 2.24) is 0 Å². The second kappa shape index (κ2) is 6.08. The van der Waals surface area contributed by atoms with Crippen molar-refractivity contribution in [2.75, 3.05) is 0 Å². The first-order chi connectivity index (χ1) is 14.2. The maximum Gasteiger partial charge on any atom is 0.216 e. The molecule has 142 valence electrons. The van der Waals surface area contributed by atoms with Gasteiger partial charge in [-0.05, 0) is 49.1 Å². The molecule has 3 heterocycles. The number of benzene rings is 2. The monoisotopic (exact) mass is 380 g/mol. The molecule has 0 saturated heterocycles. The molecule has 5 aromatic rings. The number of furan rings is 2. The molecule has 2 aromatic carbocycles. The predicted molar refractivity (Wildman–Crippen MR) is 115 cm³/mol. The molecule has 0 radical (unpaired) electrons. The molecule has 1 aliphatic rings. The van der Waals surface area contributed by atoms with E-state index in [9.17, 15) is 0 Å². The highest BCUT2D eigenvalue weighted by molar-refractivity contribution is 6.12. The molecule has 0 bridgehead atoms. The smallest absolute Gasteiger partial charge is 0.216 e. The summed E-state index contributed by atoms with van der Waals surface area (Å²) in [6.45, 7) is 2.15. The zero-order valence-electron chi connectivity index (χ0n) is 16.7. The molecule has 0 aliphatic heterocycles. The van der Waals surface area contributed by atoms with Crippen LogP contribution in [0.25, 0.3) is 44.5 Å². The second-order valence-corrected chi connectivity index (χ2v) is 8.03. The van der Waals surface area contributed by atoms with Crippen molar-refractivity contribution < 1.29 is 13.4 Å². The van der Waals surface area contributed by atoms with Gasteiger partial charge in [-0.1, -0.05) is 24.3 Å². The van der Waals surface area contributed by atoms with Gasteiger partial charge >= 0.3 is 0 Å². The highest BCUT2D eigenvalue weighted by Crippen LogP contribution is 2.41. The normalized spacial score (nSPS) is 13.4. The van der Waals surface area contributed by atoms with Gasteiger partial charge in [0.1, 0.15) is 29.7 Å². The summed E-state index contributed by atoms with van der Waals surface area (Å²) in [7, 11) is 2.08. The lowest BCUT2D eigenvalue weighted by Crippen LogP contribution is -2.30. The number of aromatic nitrogens is 1. The molecule has 3 aromatic heterocycles. The minimum Gasteiger partial charge on any atom is -0.461 e. The Hall–Kier alpha value is -3.33. The van der Waals surface area contributed by atoms with Crippen molar-refractivity contribution >= 4 is 21.9 Å². The SMILES string of the molecule is Cc1ccc2c(oc3c(-c4cc5c(o4)CCC5)cccc32)c1-c1cccc[n+]1C. The molecule has 3 nitrogen and oxygen atoms in total. The van der Waals surface area contributed by atoms with Crippen LogP contribution in [0.15, 0.2) is 69.6 Å². The molecular weight excluding hydrogens is 358 g/mol. The number of hydrogen-bond acceptors (Lipinski definition) is 2. The Morgan fingerprint density at radius 2 is 1.76 bits per heavy atom. The van der Waals surface area contributed by atoms with E-state index < -0.39 is 0 Å². The molecule has 1 aliphatic carbocycles. The third-order valence-corrected chi connectivity index (χ3v) is 6.20. The lowest BCUT2D eigenvalue weighted by Gasteiger charge is -2.04. The first-order valence-corrected chi connectivity index (χ1v) is 10.2. The fraction of sp³-hybridized carbons (Fsp3) is 0.192. The van der Waals surface area contributed by atoms with E-state index in [-0.39, 0.29) is 0 Å². The molecule has 0 unspecified atom stereocenters. The predicted octanol–water partition coefficient (Wildman–Crippen LogP) is 6.13. The van der Waals surface area contributed by atoms with Gasteiger partial charge in [0, 0.05) is 29.3 Å². The van der Waals surface area contributed by atoms with Crippen molar-refractivity contribution in [2.24, 2.45) is 7.05 Å². The van der Waals surface area contributed by atoms with E-state index in [2.05, 4.69) is 73.3 Å². The Bertz CT molecular complexity index is 1380. The lowest BCUT2D eigenvalue weighted by atomic mass is 10.00. The van der Waals surface area contributed by atoms with Gasteiger partial charge in [0.2, 0.25) is 5.69 Å². The maximum absolute atomic E-state index is 6.59. The highest BCUT2D eigenvalue weighted by atomic mass is 16.4. The van der Waals surface area contributed by atoms with Crippen LogP contribution < -0.4 is 4.57 Å². The quantitative estimate of drug-likeness (QED) is 0.345. The van der Waals surface area contributed by atoms with E-state index in [0.29, 0.717) is 0 Å². The molecule has 0 N–H and O–H groups in total. The van der Waals surface area contributed by atoms with Crippen LogP contribution in [0, 0.1) is 6.92 Å². The van der Waals surface area contributed by atoms with Gasteiger partial charge in [-0.25, -0.2) is 4.57 Å². The Morgan fingerprint density at radius 3 is 2.62 bits per heavy atom. The Balaban J connectivity index is 1.66. The molecule has 0 fully saturated rings. The van der Waals surface area contributed by atoms with Gasteiger partial charge < -0.3 is 8.83 Å². The van der Waals surface area contributed by atoms with Crippen molar-refractivity contribution in [1.29, 1.82) is 0 Å². The number of aryl methyl sites for hydroxylation is 4. The van der Waals surface area contributed by atoms with Crippen LogP contribution in [-0.4, -0.2) is 0 Å². The number of hydrogen-bond donors (Lipinski definition) is 0. The van der Waals surface area contributed by atoms with Crippen molar-refractivity contribution in [3.8, 4) is 22.6 Å². The number of para-hydroxylation sites is 1. The van der Waals surface area contributed by atoms with Crippen molar-refractivity contribution in [3.63, 3.8) is 0 Å². The van der Waals surface area contributed by atoms with E-state index >= 15 is 0 Å². The second-order valence-electron chi connectivity index (χ2n) is 8.03. The summed E-state index contributed by atoms with van der Waals surface area (Å²) < 4.78 is 14.9. The van der Waals surface area contributed by atoms with Crippen molar-refractivity contribution in [3.05, 3.63) is 77.7 Å². The van der Waals surface area contributed by atoms with Crippen LogP contribution in [0.1, 0.15) is 23.3 Å². The first kappa shape index (κ1) is 16.6. The molecule has 29 heavy (non-hydrogen) atoms. The summed E-state index contributed by atoms with van der Waals surface area (Å²) >= 11 is 0. The standard InChI is InChI=1S/C26H22NO2/c1-16-12-13-19-18-8-6-9-20(23-15-17-7-5-11-22(17)28-23)25(18)29-26(19)24(16)21-10-3-4-14-27(21)2/h3-4,6,8-10,12-15H,5,7,11H2,1-2H3/q+1. The Morgan fingerprint density at radius 1 is 0.862 bits per heavy atom. The molecule has 0 spiro atoms. The van der Waals surface area contributed by atoms with Gasteiger partial charge in [-0.2, -0.15) is 0 Å². The summed E-state index contributed by atoms with van der Waals surface area (Å²) in [6.07, 6.45) is 5.42. The topological polar surface area (TPSA) is 30.2 Å². The largest absolute Gasteiger partial charge is 0.461 e. The molecule has 0 amide bonds. The van der Waals surface area contributed by atoms with Crippen LogP contribution in [0.5, 0.6) is 0 Å². The Kier molecular flexibility index (Phi) is 3.48. The fourth-order valence-corrected chi connectivity index (χ4v) is 4.72. The van der Waals surface area contributed by atoms with Gasteiger partial charge in [0.15, 0.2) is 6.20 Å². The van der Waals surface area contributed by atoms with Crippen LogP contribution in [0.3, 0.4) is 0 Å². The van der Waals surface area contributed by atoms with E-state index in [0.717, 1.165) is 63.1 Å². The summed E-state index contributed by atoms with van der Waals surface area (Å²) in [5.41, 5.74) is 7.73. The summed E-state index contributed by atoms with van der Waals surface area (Å²) in [4.78, 5) is 0. The number of rotatable bonds is 2. The van der Waals surface area contributed by atoms with E-state index in [1.165, 1.54) is 17.5 Å². The molecule has 0 saturated carbocycles. The molecule has 3 heteroatoms. The number of fused-ring (bicyclic) bond motifs is 4. The van der Waals surface area contributed by atoms with Gasteiger partial charge in [-0.15, -0.1) is 0 Å². The average Bonchev–Trinajstić information content (AvgIpc) is 3.41. The van der Waals surface area contributed by atoms with E-state index in [4.69, 9.17) is 8.83 Å². The maximum atomic E-state index is 6.59. The first-order valence-electron chi connectivity index (χ1n) is 10.2. The summed E-state index contributed by atoms with van der Waals surface area (Å²) in [5.74, 6) is 2.06. The summed E-state index contributed by atoms with van der Waals surface area (Å²) in [6, 6.07) is 19.2. The lowest BCUT2D eigenvalue weighted by molar-refractivity contribution is -0.660. The highest BCUT2D eigenvalue weighted by Gasteiger charge is 2.23. The Labute approximate surface area is 169 Å². The molecule has 6 rings (SSSR count). The summed E-state index contributed by atoms with van der Waals surface area (Å²) in [5, 5.41) is 2.28. The third kappa shape index (κ3) is 2.40. The van der Waals surface area contributed by atoms with Gasteiger partial charge in [0.25, 0.3) is 0 Å².